The second-order valence-electron chi connectivity index (χ2n) is 5.33. The van der Waals surface area contributed by atoms with Gasteiger partial charge in [-0.25, -0.2) is 0 Å². The van der Waals surface area contributed by atoms with Crippen molar-refractivity contribution in [2.75, 3.05) is 18.5 Å². The molecule has 2 aromatic rings. The quantitative estimate of drug-likeness (QED) is 0.292. The molecule has 0 aliphatic carbocycles. The lowest BCUT2D eigenvalue weighted by Crippen LogP contribution is -2.23. The van der Waals surface area contributed by atoms with Crippen molar-refractivity contribution in [2.45, 2.75) is 19.8 Å². The molecule has 0 saturated heterocycles. The molecule has 0 unspecified atom stereocenters. The van der Waals surface area contributed by atoms with Crippen LogP contribution < -0.4 is 15.8 Å². The summed E-state index contributed by atoms with van der Waals surface area (Å²) in [6.07, 6.45) is 7.00. The summed E-state index contributed by atoms with van der Waals surface area (Å²) in [5, 5.41) is 3.10. The minimum absolute atomic E-state index is 0. The van der Waals surface area contributed by atoms with E-state index in [9.17, 15) is 0 Å². The zero-order chi connectivity index (χ0) is 17.2. The van der Waals surface area contributed by atoms with Crippen molar-refractivity contribution in [3.05, 3.63) is 59.7 Å². The number of benzene rings is 2. The molecule has 0 heterocycles. The molecule has 0 radical (unpaired) electrons. The second kappa shape index (κ2) is 11.4. The van der Waals surface area contributed by atoms with Gasteiger partial charge in [0.2, 0.25) is 0 Å². The Morgan fingerprint density at radius 3 is 2.36 bits per heavy atom. The maximum absolute atomic E-state index is 5.92. The third-order valence-electron chi connectivity index (χ3n) is 3.56. The van der Waals surface area contributed by atoms with Gasteiger partial charge in [-0.15, -0.1) is 30.4 Å². The number of aryl methyl sites for hydroxylation is 1. The number of hydrogen-bond acceptors (Lipinski definition) is 2. The monoisotopic (exact) mass is 449 g/mol. The predicted octanol–water partition coefficient (Wildman–Crippen LogP) is 3.85. The molecule has 3 N–H and O–H groups in total. The molecule has 0 bridgehead atoms. The van der Waals surface area contributed by atoms with Crippen LogP contribution in [-0.2, 0) is 12.8 Å². The molecule has 0 aliphatic rings. The molecule has 0 spiro atoms. The highest BCUT2D eigenvalue weighted by Gasteiger charge is 1.98. The minimum Gasteiger partial charge on any atom is -0.481 e. The lowest BCUT2D eigenvalue weighted by atomic mass is 10.1. The van der Waals surface area contributed by atoms with E-state index in [-0.39, 0.29) is 30.6 Å². The van der Waals surface area contributed by atoms with Gasteiger partial charge in [0, 0.05) is 12.2 Å². The maximum Gasteiger partial charge on any atom is 0.193 e. The van der Waals surface area contributed by atoms with Crippen LogP contribution in [0.25, 0.3) is 0 Å². The van der Waals surface area contributed by atoms with Gasteiger partial charge in [0.15, 0.2) is 5.96 Å². The fraction of sp³-hybridized carbons (Fsp3) is 0.250. The molecule has 0 aliphatic heterocycles. The summed E-state index contributed by atoms with van der Waals surface area (Å²) in [6, 6.07) is 16.0. The number of ether oxygens (including phenoxy) is 1. The van der Waals surface area contributed by atoms with E-state index >= 15 is 0 Å². The van der Waals surface area contributed by atoms with Crippen LogP contribution >= 0.6 is 24.0 Å². The predicted molar refractivity (Wildman–Crippen MR) is 116 cm³/mol. The SMILES string of the molecule is C#CCOc1ccc(CCN=C(N)Nc2ccc(CC)cc2)cc1.I. The Balaban J connectivity index is 0.00000312. The average molecular weight is 449 g/mol. The molecule has 25 heavy (non-hydrogen) atoms. The van der Waals surface area contributed by atoms with Crippen LogP contribution in [0.5, 0.6) is 5.75 Å². The summed E-state index contributed by atoms with van der Waals surface area (Å²) in [4.78, 5) is 4.35. The van der Waals surface area contributed by atoms with Crippen LogP contribution in [0.15, 0.2) is 53.5 Å². The van der Waals surface area contributed by atoms with Gasteiger partial charge >= 0.3 is 0 Å². The van der Waals surface area contributed by atoms with Gasteiger partial charge in [0.1, 0.15) is 12.4 Å². The van der Waals surface area contributed by atoms with Crippen molar-refractivity contribution in [2.24, 2.45) is 10.7 Å². The Hall–Kier alpha value is -2.20. The smallest absolute Gasteiger partial charge is 0.193 e. The largest absolute Gasteiger partial charge is 0.481 e. The number of nitrogens with two attached hydrogens (primary N) is 1. The standard InChI is InChI=1S/C20H23N3O.HI/c1-3-15-24-19-11-7-17(8-12-19)13-14-22-20(21)23-18-9-5-16(4-2)6-10-18;/h1,5-12H,4,13-15H2,2H3,(H3,21,22,23);1H. The van der Waals surface area contributed by atoms with Crippen molar-refractivity contribution in [1.82, 2.24) is 0 Å². The van der Waals surface area contributed by atoms with Crippen LogP contribution in [0.1, 0.15) is 18.1 Å². The molecule has 0 aromatic heterocycles. The molecule has 0 fully saturated rings. The first-order valence-electron chi connectivity index (χ1n) is 8.02. The van der Waals surface area contributed by atoms with Crippen LogP contribution in [0.3, 0.4) is 0 Å². The van der Waals surface area contributed by atoms with Crippen LogP contribution in [-0.4, -0.2) is 19.1 Å². The van der Waals surface area contributed by atoms with Gasteiger partial charge in [0.05, 0.1) is 0 Å². The van der Waals surface area contributed by atoms with Gasteiger partial charge in [-0.2, -0.15) is 0 Å². The van der Waals surface area contributed by atoms with E-state index in [1.165, 1.54) is 11.1 Å². The van der Waals surface area contributed by atoms with Gasteiger partial charge in [0.25, 0.3) is 0 Å². The zero-order valence-electron chi connectivity index (χ0n) is 14.4. The molecule has 132 valence electrons. The number of anilines is 1. The van der Waals surface area contributed by atoms with Gasteiger partial charge < -0.3 is 15.8 Å². The van der Waals surface area contributed by atoms with Crippen LogP contribution in [0.2, 0.25) is 0 Å². The Kier molecular flexibility index (Phi) is 9.48. The molecule has 4 nitrogen and oxygen atoms in total. The summed E-state index contributed by atoms with van der Waals surface area (Å²) in [5.74, 6) is 3.64. The van der Waals surface area contributed by atoms with Crippen molar-refractivity contribution in [3.8, 4) is 18.1 Å². The van der Waals surface area contributed by atoms with E-state index in [0.29, 0.717) is 12.5 Å². The number of aliphatic imine (C=N–C) groups is 1. The number of nitrogens with zero attached hydrogens (tertiary/aromatic N) is 1. The molecule has 0 amide bonds. The molecule has 2 rings (SSSR count). The molecule has 5 heteroatoms. The molecule has 0 saturated carbocycles. The summed E-state index contributed by atoms with van der Waals surface area (Å²) in [6.45, 7) is 3.04. The number of halogens is 1. The Bertz CT molecular complexity index is 703. The Labute approximate surface area is 166 Å². The molecule has 2 aromatic carbocycles. The van der Waals surface area contributed by atoms with E-state index in [1.807, 2.05) is 36.4 Å². The van der Waals surface area contributed by atoms with Crippen LogP contribution in [0, 0.1) is 12.3 Å². The Morgan fingerprint density at radius 1 is 1.12 bits per heavy atom. The van der Waals surface area contributed by atoms with Crippen molar-refractivity contribution in [3.63, 3.8) is 0 Å². The molecular formula is C20H24IN3O. The van der Waals surface area contributed by atoms with Gasteiger partial charge in [-0.05, 0) is 48.2 Å². The highest BCUT2D eigenvalue weighted by molar-refractivity contribution is 14.0. The highest BCUT2D eigenvalue weighted by atomic mass is 127. The van der Waals surface area contributed by atoms with E-state index in [1.54, 1.807) is 0 Å². The first-order chi connectivity index (χ1) is 11.7. The molecular weight excluding hydrogens is 425 g/mol. The van der Waals surface area contributed by atoms with Crippen LogP contribution in [0.4, 0.5) is 5.69 Å². The van der Waals surface area contributed by atoms with Gasteiger partial charge in [-0.3, -0.25) is 4.99 Å². The van der Waals surface area contributed by atoms with E-state index < -0.39 is 0 Å². The number of hydrogen-bond donors (Lipinski definition) is 2. The van der Waals surface area contributed by atoms with E-state index in [4.69, 9.17) is 16.9 Å². The highest BCUT2D eigenvalue weighted by Crippen LogP contribution is 2.12. The third kappa shape index (κ3) is 7.48. The summed E-state index contributed by atoms with van der Waals surface area (Å²) in [7, 11) is 0. The lowest BCUT2D eigenvalue weighted by molar-refractivity contribution is 0.370. The maximum atomic E-state index is 5.92. The second-order valence-corrected chi connectivity index (χ2v) is 5.33. The van der Waals surface area contributed by atoms with E-state index in [2.05, 4.69) is 35.3 Å². The lowest BCUT2D eigenvalue weighted by Gasteiger charge is -2.07. The normalized spacial score (nSPS) is 10.5. The fourth-order valence-electron chi connectivity index (χ4n) is 2.19. The first-order valence-corrected chi connectivity index (χ1v) is 8.02. The Morgan fingerprint density at radius 2 is 1.76 bits per heavy atom. The summed E-state index contributed by atoms with van der Waals surface area (Å²) < 4.78 is 5.34. The number of rotatable bonds is 7. The van der Waals surface area contributed by atoms with Gasteiger partial charge in [-0.1, -0.05) is 37.1 Å². The topological polar surface area (TPSA) is 59.6 Å². The number of guanidine groups is 1. The number of nitrogens with one attached hydrogen (secondary N) is 1. The van der Waals surface area contributed by atoms with E-state index in [0.717, 1.165) is 24.3 Å². The van der Waals surface area contributed by atoms with Crippen molar-refractivity contribution >= 4 is 35.6 Å². The van der Waals surface area contributed by atoms with Crippen molar-refractivity contribution in [1.29, 1.82) is 0 Å². The summed E-state index contributed by atoms with van der Waals surface area (Å²) >= 11 is 0. The van der Waals surface area contributed by atoms with Crippen molar-refractivity contribution < 1.29 is 4.74 Å². The first kappa shape index (κ1) is 20.8. The third-order valence-corrected chi connectivity index (χ3v) is 3.56. The molecule has 0 atom stereocenters. The zero-order valence-corrected chi connectivity index (χ0v) is 16.7. The minimum atomic E-state index is 0. The summed E-state index contributed by atoms with van der Waals surface area (Å²) in [5.41, 5.74) is 9.34. The fourth-order valence-corrected chi connectivity index (χ4v) is 2.19. The number of terminal acetylenes is 1. The average Bonchev–Trinajstić information content (AvgIpc) is 2.61.